The molecule has 0 saturated heterocycles. The Hall–Kier alpha value is -1.84. The number of carbonyl (C=O) groups is 2. The van der Waals surface area contributed by atoms with E-state index in [1.54, 1.807) is 27.7 Å². The molecule has 4 heteroatoms. The Morgan fingerprint density at radius 1 is 1.05 bits per heavy atom. The molecule has 0 aliphatic carbocycles. The lowest BCUT2D eigenvalue weighted by Gasteiger charge is -2.26. The molecular formula is C17H24O4. The minimum Gasteiger partial charge on any atom is -0.453 e. The van der Waals surface area contributed by atoms with Crippen LogP contribution in [-0.4, -0.2) is 18.5 Å². The van der Waals surface area contributed by atoms with E-state index in [0.717, 1.165) is 5.56 Å². The number of hydrogen-bond acceptors (Lipinski definition) is 4. The molecule has 0 heterocycles. The largest absolute Gasteiger partial charge is 0.453 e. The first-order valence-corrected chi connectivity index (χ1v) is 7.13. The molecule has 116 valence electrons. The van der Waals surface area contributed by atoms with Crippen molar-refractivity contribution >= 4 is 11.9 Å². The Balaban J connectivity index is 2.56. The fraction of sp³-hybridized carbons (Fsp3) is 0.529. The van der Waals surface area contributed by atoms with Crippen LogP contribution in [0.25, 0.3) is 0 Å². The zero-order chi connectivity index (χ0) is 16.1. The van der Waals surface area contributed by atoms with Crippen LogP contribution in [0.5, 0.6) is 0 Å². The average Bonchev–Trinajstić information content (AvgIpc) is 2.45. The van der Waals surface area contributed by atoms with Crippen molar-refractivity contribution in [2.24, 2.45) is 5.41 Å². The molecule has 0 fully saturated rings. The molecule has 1 aromatic rings. The first-order valence-electron chi connectivity index (χ1n) is 7.13. The van der Waals surface area contributed by atoms with Gasteiger partial charge in [-0.25, -0.2) is 4.79 Å². The molecule has 0 atom stereocenters. The van der Waals surface area contributed by atoms with Gasteiger partial charge in [0, 0.05) is 0 Å². The second-order valence-electron chi connectivity index (χ2n) is 6.16. The van der Waals surface area contributed by atoms with E-state index >= 15 is 0 Å². The molecule has 1 aromatic carbocycles. The zero-order valence-electron chi connectivity index (χ0n) is 13.4. The standard InChI is InChI=1S/C17H24O4/c1-6-16(2,3)15(19)20-12-14(18)21-17(4,5)13-10-8-7-9-11-13/h7-11H,6,12H2,1-5H3. The minimum absolute atomic E-state index is 0.363. The van der Waals surface area contributed by atoms with Crippen molar-refractivity contribution in [3.05, 3.63) is 35.9 Å². The smallest absolute Gasteiger partial charge is 0.345 e. The second kappa shape index (κ2) is 6.74. The van der Waals surface area contributed by atoms with Gasteiger partial charge in [0.1, 0.15) is 5.60 Å². The number of esters is 2. The van der Waals surface area contributed by atoms with E-state index in [2.05, 4.69) is 0 Å². The first-order chi connectivity index (χ1) is 9.69. The van der Waals surface area contributed by atoms with Crippen LogP contribution in [0, 0.1) is 5.41 Å². The van der Waals surface area contributed by atoms with Gasteiger partial charge in [-0.15, -0.1) is 0 Å². The van der Waals surface area contributed by atoms with Crippen molar-refractivity contribution in [3.63, 3.8) is 0 Å². The van der Waals surface area contributed by atoms with Gasteiger partial charge >= 0.3 is 11.9 Å². The van der Waals surface area contributed by atoms with E-state index in [1.807, 2.05) is 37.3 Å². The van der Waals surface area contributed by atoms with Gasteiger partial charge in [-0.2, -0.15) is 0 Å². The third kappa shape index (κ3) is 4.88. The molecule has 0 aliphatic heterocycles. The maximum absolute atomic E-state index is 11.9. The van der Waals surface area contributed by atoms with Crippen molar-refractivity contribution in [2.45, 2.75) is 46.6 Å². The molecule has 0 saturated carbocycles. The number of benzene rings is 1. The maximum atomic E-state index is 11.9. The summed E-state index contributed by atoms with van der Waals surface area (Å²) in [5.41, 5.74) is -0.459. The van der Waals surface area contributed by atoms with Crippen molar-refractivity contribution < 1.29 is 19.1 Å². The highest BCUT2D eigenvalue weighted by Gasteiger charge is 2.29. The minimum atomic E-state index is -0.759. The Labute approximate surface area is 126 Å². The lowest BCUT2D eigenvalue weighted by atomic mass is 9.91. The van der Waals surface area contributed by atoms with Crippen molar-refractivity contribution in [2.75, 3.05) is 6.61 Å². The summed E-state index contributed by atoms with van der Waals surface area (Å²) in [6.07, 6.45) is 0.649. The molecule has 0 spiro atoms. The summed E-state index contributed by atoms with van der Waals surface area (Å²) in [7, 11) is 0. The summed E-state index contributed by atoms with van der Waals surface area (Å²) in [5.74, 6) is -0.941. The van der Waals surface area contributed by atoms with Gasteiger partial charge in [0.2, 0.25) is 0 Å². The summed E-state index contributed by atoms with van der Waals surface area (Å²) in [6.45, 7) is 8.72. The molecule has 4 nitrogen and oxygen atoms in total. The van der Waals surface area contributed by atoms with Crippen molar-refractivity contribution in [3.8, 4) is 0 Å². The highest BCUT2D eigenvalue weighted by atomic mass is 16.6. The molecular weight excluding hydrogens is 268 g/mol. The molecule has 0 radical (unpaired) electrons. The van der Waals surface area contributed by atoms with E-state index in [1.165, 1.54) is 0 Å². The highest BCUT2D eigenvalue weighted by Crippen LogP contribution is 2.25. The van der Waals surface area contributed by atoms with E-state index < -0.39 is 17.0 Å². The normalized spacial score (nSPS) is 11.9. The number of carbonyl (C=O) groups excluding carboxylic acids is 2. The number of ether oxygens (including phenoxy) is 2. The van der Waals surface area contributed by atoms with Crippen LogP contribution in [0.1, 0.15) is 46.6 Å². The van der Waals surface area contributed by atoms with Gasteiger partial charge < -0.3 is 9.47 Å². The topological polar surface area (TPSA) is 52.6 Å². The van der Waals surface area contributed by atoms with Gasteiger partial charge in [0.25, 0.3) is 0 Å². The quantitative estimate of drug-likeness (QED) is 0.754. The van der Waals surface area contributed by atoms with E-state index in [0.29, 0.717) is 6.42 Å². The van der Waals surface area contributed by atoms with Crippen molar-refractivity contribution in [1.29, 1.82) is 0 Å². The van der Waals surface area contributed by atoms with E-state index in [-0.39, 0.29) is 12.6 Å². The van der Waals surface area contributed by atoms with Gasteiger partial charge in [-0.1, -0.05) is 37.3 Å². The Bertz CT molecular complexity index is 489. The second-order valence-corrected chi connectivity index (χ2v) is 6.16. The van der Waals surface area contributed by atoms with Crippen molar-refractivity contribution in [1.82, 2.24) is 0 Å². The Morgan fingerprint density at radius 2 is 1.62 bits per heavy atom. The number of rotatable bonds is 6. The molecule has 21 heavy (non-hydrogen) atoms. The van der Waals surface area contributed by atoms with Crippen LogP contribution in [0.4, 0.5) is 0 Å². The maximum Gasteiger partial charge on any atom is 0.345 e. The predicted molar refractivity (Wildman–Crippen MR) is 80.6 cm³/mol. The summed E-state index contributed by atoms with van der Waals surface area (Å²) in [5, 5.41) is 0. The van der Waals surface area contributed by atoms with Crippen LogP contribution < -0.4 is 0 Å². The van der Waals surface area contributed by atoms with Gasteiger partial charge in [-0.05, 0) is 39.7 Å². The monoisotopic (exact) mass is 292 g/mol. The first kappa shape index (κ1) is 17.2. The fourth-order valence-corrected chi connectivity index (χ4v) is 1.68. The SMILES string of the molecule is CCC(C)(C)C(=O)OCC(=O)OC(C)(C)c1ccccc1. The van der Waals surface area contributed by atoms with Gasteiger partial charge in [0.15, 0.2) is 6.61 Å². The molecule has 0 amide bonds. The Morgan fingerprint density at radius 3 is 2.14 bits per heavy atom. The van der Waals surface area contributed by atoms with E-state index in [9.17, 15) is 9.59 Å². The highest BCUT2D eigenvalue weighted by molar-refractivity contribution is 5.80. The molecule has 0 N–H and O–H groups in total. The van der Waals surface area contributed by atoms with E-state index in [4.69, 9.17) is 9.47 Å². The Kier molecular flexibility index (Phi) is 5.53. The van der Waals surface area contributed by atoms with Crippen LogP contribution >= 0.6 is 0 Å². The molecule has 0 aliphatic rings. The summed E-state index contributed by atoms with van der Waals surface area (Å²) >= 11 is 0. The van der Waals surface area contributed by atoms with Crippen LogP contribution in [-0.2, 0) is 24.7 Å². The molecule has 1 rings (SSSR count). The predicted octanol–water partition coefficient (Wildman–Crippen LogP) is 3.44. The lowest BCUT2D eigenvalue weighted by molar-refractivity contribution is -0.172. The molecule has 0 aromatic heterocycles. The zero-order valence-corrected chi connectivity index (χ0v) is 13.4. The van der Waals surface area contributed by atoms with Crippen LogP contribution in [0.15, 0.2) is 30.3 Å². The summed E-state index contributed by atoms with van der Waals surface area (Å²) < 4.78 is 10.4. The summed E-state index contributed by atoms with van der Waals surface area (Å²) in [6, 6.07) is 9.44. The number of hydrogen-bond donors (Lipinski definition) is 0. The van der Waals surface area contributed by atoms with Crippen LogP contribution in [0.3, 0.4) is 0 Å². The van der Waals surface area contributed by atoms with Gasteiger partial charge in [0.05, 0.1) is 5.41 Å². The average molecular weight is 292 g/mol. The fourth-order valence-electron chi connectivity index (χ4n) is 1.68. The lowest BCUT2D eigenvalue weighted by Crippen LogP contribution is -2.31. The molecule has 0 unspecified atom stereocenters. The third-order valence-electron chi connectivity index (χ3n) is 3.60. The molecule has 0 bridgehead atoms. The van der Waals surface area contributed by atoms with Gasteiger partial charge in [-0.3, -0.25) is 4.79 Å². The summed E-state index contributed by atoms with van der Waals surface area (Å²) in [4.78, 5) is 23.7. The third-order valence-corrected chi connectivity index (χ3v) is 3.60. The van der Waals surface area contributed by atoms with Crippen LogP contribution in [0.2, 0.25) is 0 Å².